The molecule has 0 saturated heterocycles. The first kappa shape index (κ1) is 22.7. The van der Waals surface area contributed by atoms with Crippen molar-refractivity contribution in [2.24, 2.45) is 7.05 Å². The van der Waals surface area contributed by atoms with Gasteiger partial charge in [0.15, 0.2) is 9.11 Å². The second-order valence-electron chi connectivity index (χ2n) is 7.18. The highest BCUT2D eigenvalue weighted by atomic mass is 32.2. The fourth-order valence-corrected chi connectivity index (χ4v) is 5.47. The molecule has 0 N–H and O–H groups in total. The van der Waals surface area contributed by atoms with Crippen molar-refractivity contribution in [3.63, 3.8) is 0 Å². The van der Waals surface area contributed by atoms with Gasteiger partial charge in [-0.3, -0.25) is 9.69 Å². The second kappa shape index (κ2) is 10.4. The van der Waals surface area contributed by atoms with Crippen LogP contribution in [0.1, 0.15) is 11.4 Å². The normalized spacial score (nSPS) is 11.3. The van der Waals surface area contributed by atoms with Crippen LogP contribution in [-0.4, -0.2) is 43.9 Å². The van der Waals surface area contributed by atoms with E-state index in [0.717, 1.165) is 21.2 Å². The first-order chi connectivity index (χ1) is 15.5. The summed E-state index contributed by atoms with van der Waals surface area (Å²) in [6.45, 7) is 1.13. The minimum atomic E-state index is -0.296. The van der Waals surface area contributed by atoms with Crippen molar-refractivity contribution in [3.8, 4) is 0 Å². The third-order valence-corrected chi connectivity index (χ3v) is 7.55. The maximum atomic E-state index is 12.0. The van der Waals surface area contributed by atoms with Crippen LogP contribution in [0, 0.1) is 4.77 Å². The van der Waals surface area contributed by atoms with Crippen LogP contribution in [0.15, 0.2) is 58.9 Å². The number of fused-ring (bicyclic) bond motifs is 1. The molecule has 2 aromatic heterocycles. The Morgan fingerprint density at radius 3 is 2.69 bits per heavy atom. The molecule has 4 rings (SSSR count). The number of nitrogens with zero attached hydrogens (tertiary/aromatic N) is 5. The molecule has 0 radical (unpaired) electrons. The van der Waals surface area contributed by atoms with Crippen LogP contribution in [0.3, 0.4) is 0 Å². The van der Waals surface area contributed by atoms with Gasteiger partial charge in [0.05, 0.1) is 36.3 Å². The van der Waals surface area contributed by atoms with E-state index in [-0.39, 0.29) is 12.5 Å². The SMILES string of the molecule is COC(=O)CN(Cc1ccccc1)Cn1nc(CSc2nc3ccccc3s2)n(C)c1=S. The van der Waals surface area contributed by atoms with Crippen molar-refractivity contribution in [3.05, 3.63) is 70.8 Å². The van der Waals surface area contributed by atoms with E-state index < -0.39 is 0 Å². The zero-order chi connectivity index (χ0) is 22.5. The lowest BCUT2D eigenvalue weighted by Gasteiger charge is -2.20. The average molecular weight is 486 g/mol. The highest BCUT2D eigenvalue weighted by Crippen LogP contribution is 2.31. The molecule has 0 aliphatic heterocycles. The monoisotopic (exact) mass is 485 g/mol. The van der Waals surface area contributed by atoms with Crippen LogP contribution in [-0.2, 0) is 35.5 Å². The number of hydrogen-bond donors (Lipinski definition) is 0. The van der Waals surface area contributed by atoms with E-state index in [0.29, 0.717) is 23.7 Å². The van der Waals surface area contributed by atoms with E-state index in [9.17, 15) is 4.79 Å². The summed E-state index contributed by atoms with van der Waals surface area (Å²) in [6.07, 6.45) is 0. The summed E-state index contributed by atoms with van der Waals surface area (Å²) in [4.78, 5) is 18.6. The maximum Gasteiger partial charge on any atom is 0.319 e. The van der Waals surface area contributed by atoms with Crippen LogP contribution in [0.4, 0.5) is 0 Å². The van der Waals surface area contributed by atoms with Crippen molar-refractivity contribution >= 4 is 51.5 Å². The van der Waals surface area contributed by atoms with Crippen molar-refractivity contribution < 1.29 is 9.53 Å². The molecular weight excluding hydrogens is 462 g/mol. The van der Waals surface area contributed by atoms with Gasteiger partial charge in [0.25, 0.3) is 0 Å². The molecule has 2 aromatic carbocycles. The second-order valence-corrected chi connectivity index (χ2v) is 9.80. The quantitative estimate of drug-likeness (QED) is 0.197. The molecule has 0 unspecified atom stereocenters. The van der Waals surface area contributed by atoms with Crippen molar-refractivity contribution in [2.45, 2.75) is 23.3 Å². The Hall–Kier alpha value is -2.53. The summed E-state index contributed by atoms with van der Waals surface area (Å²) >= 11 is 8.95. The predicted octanol–water partition coefficient (Wildman–Crippen LogP) is 4.49. The number of methoxy groups -OCH3 is 1. The van der Waals surface area contributed by atoms with Crippen LogP contribution in [0.2, 0.25) is 0 Å². The number of hydrogen-bond acceptors (Lipinski definition) is 8. The van der Waals surface area contributed by atoms with E-state index in [1.54, 1.807) is 27.8 Å². The van der Waals surface area contributed by atoms with Crippen molar-refractivity contribution in [1.29, 1.82) is 0 Å². The molecular formula is C22H23N5O2S3. The number of para-hydroxylation sites is 1. The first-order valence-corrected chi connectivity index (χ1v) is 12.2. The molecule has 0 amide bonds. The molecule has 0 fully saturated rings. The van der Waals surface area contributed by atoms with E-state index >= 15 is 0 Å². The molecule has 2 heterocycles. The van der Waals surface area contributed by atoms with Crippen LogP contribution < -0.4 is 0 Å². The Morgan fingerprint density at radius 2 is 1.94 bits per heavy atom. The van der Waals surface area contributed by atoms with Gasteiger partial charge >= 0.3 is 5.97 Å². The average Bonchev–Trinajstić information content (AvgIpc) is 3.34. The van der Waals surface area contributed by atoms with E-state index in [1.165, 1.54) is 11.8 Å². The third kappa shape index (κ3) is 5.44. The number of ether oxygens (including phenoxy) is 1. The zero-order valence-electron chi connectivity index (χ0n) is 17.8. The van der Waals surface area contributed by atoms with Crippen molar-refractivity contribution in [1.82, 2.24) is 24.2 Å². The number of rotatable bonds is 9. The van der Waals surface area contributed by atoms with Crippen LogP contribution >= 0.6 is 35.3 Å². The molecule has 10 heteroatoms. The molecule has 0 saturated carbocycles. The van der Waals surface area contributed by atoms with Gasteiger partial charge in [-0.2, -0.15) is 5.10 Å². The van der Waals surface area contributed by atoms with E-state index in [1.807, 2.05) is 65.0 Å². The Morgan fingerprint density at radius 1 is 1.19 bits per heavy atom. The summed E-state index contributed by atoms with van der Waals surface area (Å²) in [5.74, 6) is 1.22. The van der Waals surface area contributed by atoms with Gasteiger partial charge in [-0.25, -0.2) is 9.67 Å². The lowest BCUT2D eigenvalue weighted by molar-refractivity contribution is -0.142. The fraction of sp³-hybridized carbons (Fsp3) is 0.273. The molecule has 0 aliphatic carbocycles. The molecule has 166 valence electrons. The largest absolute Gasteiger partial charge is 0.468 e. The fourth-order valence-electron chi connectivity index (χ4n) is 3.22. The van der Waals surface area contributed by atoms with E-state index in [2.05, 4.69) is 11.1 Å². The Kier molecular flexibility index (Phi) is 7.36. The third-order valence-electron chi connectivity index (χ3n) is 4.89. The number of carbonyl (C=O) groups excluding carboxylic acids is 1. The van der Waals surface area contributed by atoms with Crippen LogP contribution in [0.25, 0.3) is 10.2 Å². The van der Waals surface area contributed by atoms with Gasteiger partial charge in [-0.05, 0) is 29.9 Å². The Labute approximate surface area is 199 Å². The number of esters is 1. The Balaban J connectivity index is 1.49. The van der Waals surface area contributed by atoms with Gasteiger partial charge in [-0.15, -0.1) is 11.3 Å². The van der Waals surface area contributed by atoms with Crippen molar-refractivity contribution in [2.75, 3.05) is 13.7 Å². The standard InChI is InChI=1S/C22H23N5O2S3/c1-25-19(14-31-21-23-17-10-6-7-11-18(17)32-21)24-27(22(25)30)15-26(13-20(28)29-2)12-16-8-4-3-5-9-16/h3-11H,12-15H2,1-2H3. The summed E-state index contributed by atoms with van der Waals surface area (Å²) in [6, 6.07) is 18.1. The zero-order valence-corrected chi connectivity index (χ0v) is 20.3. The number of thiazole rings is 1. The summed E-state index contributed by atoms with van der Waals surface area (Å²) < 4.78 is 11.3. The lowest BCUT2D eigenvalue weighted by atomic mass is 10.2. The molecule has 4 aromatic rings. The van der Waals surface area contributed by atoms with Gasteiger partial charge in [0.2, 0.25) is 0 Å². The Bertz CT molecular complexity index is 1230. The highest BCUT2D eigenvalue weighted by molar-refractivity contribution is 8.00. The summed E-state index contributed by atoms with van der Waals surface area (Å²) in [7, 11) is 3.31. The summed E-state index contributed by atoms with van der Waals surface area (Å²) in [5, 5.41) is 4.73. The molecule has 0 spiro atoms. The first-order valence-electron chi connectivity index (χ1n) is 9.97. The maximum absolute atomic E-state index is 12.0. The minimum Gasteiger partial charge on any atom is -0.468 e. The smallest absolute Gasteiger partial charge is 0.319 e. The van der Waals surface area contributed by atoms with Gasteiger partial charge < -0.3 is 9.30 Å². The molecule has 0 bridgehead atoms. The van der Waals surface area contributed by atoms with Crippen LogP contribution in [0.5, 0.6) is 0 Å². The lowest BCUT2D eigenvalue weighted by Crippen LogP contribution is -2.32. The topological polar surface area (TPSA) is 65.2 Å². The number of thioether (sulfide) groups is 1. The highest BCUT2D eigenvalue weighted by Gasteiger charge is 2.16. The molecule has 7 nitrogen and oxygen atoms in total. The molecule has 0 atom stereocenters. The number of carbonyl (C=O) groups is 1. The molecule has 0 aliphatic rings. The predicted molar refractivity (Wildman–Crippen MR) is 130 cm³/mol. The van der Waals surface area contributed by atoms with Gasteiger partial charge in [-0.1, -0.05) is 54.2 Å². The van der Waals surface area contributed by atoms with E-state index in [4.69, 9.17) is 22.1 Å². The van der Waals surface area contributed by atoms with Gasteiger partial charge in [0, 0.05) is 13.6 Å². The number of aromatic nitrogens is 4. The number of benzene rings is 2. The minimum absolute atomic E-state index is 0.152. The van der Waals surface area contributed by atoms with Gasteiger partial charge in [0.1, 0.15) is 5.82 Å². The molecule has 32 heavy (non-hydrogen) atoms. The summed E-state index contributed by atoms with van der Waals surface area (Å²) in [5.41, 5.74) is 2.11.